The lowest BCUT2D eigenvalue weighted by Gasteiger charge is -2.35. The van der Waals surface area contributed by atoms with Crippen molar-refractivity contribution in [1.82, 2.24) is 15.0 Å². The lowest BCUT2D eigenvalue weighted by Crippen LogP contribution is -2.40. The Balaban J connectivity index is 0.000000392. The average molecular weight is 492 g/mol. The third-order valence-corrected chi connectivity index (χ3v) is 6.05. The highest BCUT2D eigenvalue weighted by Gasteiger charge is 2.27. The van der Waals surface area contributed by atoms with Crippen LogP contribution in [-0.2, 0) is 22.4 Å². The molecule has 8 nitrogen and oxygen atoms in total. The standard InChI is InChI=1S/C24H29N3O.C4H4O4/c1-3-15-27(16-4-2)20-14-13-18-11-8-12-21(22(18)17-20)24-25-23(26-28-24)19-9-6-5-7-10-19;5-3(6)1-2-4(7)8/h5-12,20H,3-4,13-17H2,1-2H3;1-2H,(H,5,6)(H,7,8). The SMILES string of the molecule is CCCN(CCC)C1CCc2cccc(-c3nc(-c4ccccc4)no3)c2C1.O=C(O)C=CC(=O)O. The third-order valence-electron chi connectivity index (χ3n) is 6.05. The molecule has 1 aliphatic rings. The van der Waals surface area contributed by atoms with E-state index in [2.05, 4.69) is 42.1 Å². The molecule has 1 heterocycles. The summed E-state index contributed by atoms with van der Waals surface area (Å²) in [5.74, 6) is -1.23. The lowest BCUT2D eigenvalue weighted by molar-refractivity contribution is -0.134. The average Bonchev–Trinajstić information content (AvgIpc) is 3.38. The van der Waals surface area contributed by atoms with Gasteiger partial charge in [-0.15, -0.1) is 0 Å². The second-order valence-electron chi connectivity index (χ2n) is 8.67. The molecular weight excluding hydrogens is 458 g/mol. The number of aryl methyl sites for hydroxylation is 1. The number of nitrogens with zero attached hydrogens (tertiary/aromatic N) is 3. The van der Waals surface area contributed by atoms with Crippen molar-refractivity contribution in [2.45, 2.75) is 52.0 Å². The van der Waals surface area contributed by atoms with Crippen LogP contribution in [0.3, 0.4) is 0 Å². The van der Waals surface area contributed by atoms with Gasteiger partial charge in [-0.25, -0.2) is 9.59 Å². The van der Waals surface area contributed by atoms with Crippen LogP contribution in [0.1, 0.15) is 44.2 Å². The number of hydrogen-bond donors (Lipinski definition) is 2. The van der Waals surface area contributed by atoms with E-state index in [-0.39, 0.29) is 0 Å². The van der Waals surface area contributed by atoms with Crippen LogP contribution in [0.25, 0.3) is 22.8 Å². The molecule has 1 unspecified atom stereocenters. The van der Waals surface area contributed by atoms with E-state index in [1.807, 2.05) is 30.3 Å². The van der Waals surface area contributed by atoms with E-state index < -0.39 is 11.9 Å². The van der Waals surface area contributed by atoms with E-state index in [0.29, 0.717) is 29.9 Å². The van der Waals surface area contributed by atoms with Gasteiger partial charge < -0.3 is 19.6 Å². The number of carbonyl (C=O) groups is 2. The van der Waals surface area contributed by atoms with E-state index in [9.17, 15) is 9.59 Å². The fraction of sp³-hybridized carbons (Fsp3) is 0.357. The third kappa shape index (κ3) is 7.36. The molecule has 36 heavy (non-hydrogen) atoms. The van der Waals surface area contributed by atoms with Gasteiger partial charge in [-0.1, -0.05) is 61.5 Å². The van der Waals surface area contributed by atoms with Crippen molar-refractivity contribution in [2.75, 3.05) is 13.1 Å². The van der Waals surface area contributed by atoms with Crippen LogP contribution in [-0.4, -0.2) is 56.3 Å². The fourth-order valence-corrected chi connectivity index (χ4v) is 4.51. The second-order valence-corrected chi connectivity index (χ2v) is 8.67. The molecule has 8 heteroatoms. The van der Waals surface area contributed by atoms with Crippen LogP contribution in [0, 0.1) is 0 Å². The van der Waals surface area contributed by atoms with Crippen LogP contribution >= 0.6 is 0 Å². The van der Waals surface area contributed by atoms with Gasteiger partial charge in [0.2, 0.25) is 5.82 Å². The summed E-state index contributed by atoms with van der Waals surface area (Å²) in [6.07, 6.45) is 6.94. The quantitative estimate of drug-likeness (QED) is 0.397. The number of aliphatic carboxylic acids is 2. The van der Waals surface area contributed by atoms with Gasteiger partial charge in [0.05, 0.1) is 0 Å². The number of fused-ring (bicyclic) bond motifs is 1. The molecule has 1 aliphatic carbocycles. The molecule has 2 aromatic carbocycles. The van der Waals surface area contributed by atoms with Gasteiger partial charge >= 0.3 is 11.9 Å². The molecule has 0 aliphatic heterocycles. The topological polar surface area (TPSA) is 117 Å². The first-order valence-corrected chi connectivity index (χ1v) is 12.3. The van der Waals surface area contributed by atoms with Crippen LogP contribution in [0.2, 0.25) is 0 Å². The van der Waals surface area contributed by atoms with Crippen molar-refractivity contribution in [3.8, 4) is 22.8 Å². The molecule has 190 valence electrons. The maximum atomic E-state index is 9.55. The molecule has 1 atom stereocenters. The molecule has 0 saturated carbocycles. The van der Waals surface area contributed by atoms with Crippen LogP contribution in [0.4, 0.5) is 0 Å². The van der Waals surface area contributed by atoms with Gasteiger partial charge in [0.15, 0.2) is 0 Å². The predicted octanol–water partition coefficient (Wildman–Crippen LogP) is 5.09. The second kappa shape index (κ2) is 13.3. The highest BCUT2D eigenvalue weighted by Crippen LogP contribution is 2.33. The minimum atomic E-state index is -1.26. The first-order valence-electron chi connectivity index (χ1n) is 12.3. The summed E-state index contributed by atoms with van der Waals surface area (Å²) in [6.45, 7) is 6.90. The highest BCUT2D eigenvalue weighted by atomic mass is 16.5. The van der Waals surface area contributed by atoms with Crippen LogP contribution in [0.5, 0.6) is 0 Å². The molecule has 1 aromatic heterocycles. The molecule has 0 fully saturated rings. The highest BCUT2D eigenvalue weighted by molar-refractivity contribution is 5.89. The minimum Gasteiger partial charge on any atom is -0.478 e. The van der Waals surface area contributed by atoms with Gasteiger partial charge in [-0.2, -0.15) is 4.98 Å². The number of hydrogen-bond acceptors (Lipinski definition) is 6. The Bertz CT molecular complexity index is 1150. The zero-order valence-corrected chi connectivity index (χ0v) is 20.8. The fourth-order valence-electron chi connectivity index (χ4n) is 4.51. The number of aromatic nitrogens is 2. The largest absolute Gasteiger partial charge is 0.478 e. The molecule has 0 bridgehead atoms. The van der Waals surface area contributed by atoms with Crippen molar-refractivity contribution in [1.29, 1.82) is 0 Å². The Kier molecular flexibility index (Phi) is 9.94. The van der Waals surface area contributed by atoms with E-state index in [4.69, 9.17) is 19.7 Å². The van der Waals surface area contributed by atoms with Crippen molar-refractivity contribution >= 4 is 11.9 Å². The maximum absolute atomic E-state index is 9.55. The van der Waals surface area contributed by atoms with Crippen molar-refractivity contribution < 1.29 is 24.3 Å². The molecule has 0 radical (unpaired) electrons. The summed E-state index contributed by atoms with van der Waals surface area (Å²) < 4.78 is 5.69. The van der Waals surface area contributed by atoms with E-state index in [1.54, 1.807) is 0 Å². The number of carboxylic acid groups (broad SMARTS) is 2. The van der Waals surface area contributed by atoms with Gasteiger partial charge in [-0.05, 0) is 62.4 Å². The van der Waals surface area contributed by atoms with Crippen molar-refractivity contribution in [2.24, 2.45) is 0 Å². The van der Waals surface area contributed by atoms with Crippen LogP contribution in [0.15, 0.2) is 65.2 Å². The first kappa shape index (κ1) is 26.8. The molecule has 3 aromatic rings. The maximum Gasteiger partial charge on any atom is 0.328 e. The van der Waals surface area contributed by atoms with E-state index in [1.165, 1.54) is 43.5 Å². The Hall–Kier alpha value is -3.78. The monoisotopic (exact) mass is 491 g/mol. The molecule has 0 spiro atoms. The Morgan fingerprint density at radius 1 is 1.00 bits per heavy atom. The smallest absolute Gasteiger partial charge is 0.328 e. The molecule has 4 rings (SSSR count). The first-order chi connectivity index (χ1) is 17.4. The minimum absolute atomic E-state index is 0.558. The summed E-state index contributed by atoms with van der Waals surface area (Å²) in [4.78, 5) is 26.5. The van der Waals surface area contributed by atoms with Gasteiger partial charge in [0, 0.05) is 29.3 Å². The van der Waals surface area contributed by atoms with E-state index in [0.717, 1.165) is 24.0 Å². The molecular formula is C28H33N3O5. The predicted molar refractivity (Wildman–Crippen MR) is 138 cm³/mol. The number of rotatable bonds is 9. The summed E-state index contributed by atoms with van der Waals surface area (Å²) in [7, 11) is 0. The summed E-state index contributed by atoms with van der Waals surface area (Å²) in [5, 5.41) is 19.9. The summed E-state index contributed by atoms with van der Waals surface area (Å²) in [6, 6.07) is 17.1. The van der Waals surface area contributed by atoms with E-state index >= 15 is 0 Å². The molecule has 0 saturated heterocycles. The number of carboxylic acids is 2. The Morgan fingerprint density at radius 2 is 1.67 bits per heavy atom. The summed E-state index contributed by atoms with van der Waals surface area (Å²) in [5.41, 5.74) is 4.91. The summed E-state index contributed by atoms with van der Waals surface area (Å²) >= 11 is 0. The number of benzene rings is 2. The zero-order valence-electron chi connectivity index (χ0n) is 20.8. The van der Waals surface area contributed by atoms with Crippen molar-refractivity contribution in [3.63, 3.8) is 0 Å². The van der Waals surface area contributed by atoms with Crippen LogP contribution < -0.4 is 0 Å². The zero-order chi connectivity index (χ0) is 25.9. The molecule has 2 N–H and O–H groups in total. The Morgan fingerprint density at radius 3 is 2.28 bits per heavy atom. The normalized spacial score (nSPS) is 14.8. The van der Waals surface area contributed by atoms with Gasteiger partial charge in [-0.3, -0.25) is 0 Å². The Labute approximate surface area is 211 Å². The van der Waals surface area contributed by atoms with Crippen molar-refractivity contribution in [3.05, 3.63) is 71.8 Å². The molecule has 0 amide bonds. The van der Waals surface area contributed by atoms with Gasteiger partial charge in [0.1, 0.15) is 0 Å². The lowest BCUT2D eigenvalue weighted by atomic mass is 9.84. The van der Waals surface area contributed by atoms with Gasteiger partial charge in [0.25, 0.3) is 5.89 Å².